The van der Waals surface area contributed by atoms with Gasteiger partial charge in [0.15, 0.2) is 0 Å². The van der Waals surface area contributed by atoms with Crippen LogP contribution in [0.15, 0.2) is 18.5 Å². The highest BCUT2D eigenvalue weighted by Gasteiger charge is 2.39. The third kappa shape index (κ3) is 3.56. The largest absolute Gasteiger partial charge is 0.356 e. The number of nitrogens with one attached hydrogen (secondary N) is 2. The molecule has 19 heavy (non-hydrogen) atoms. The van der Waals surface area contributed by atoms with Crippen LogP contribution in [0, 0.1) is 5.41 Å². The summed E-state index contributed by atoms with van der Waals surface area (Å²) in [6, 6.07) is 1.92. The van der Waals surface area contributed by atoms with Gasteiger partial charge in [-0.25, -0.2) is 0 Å². The Labute approximate surface area is 114 Å². The molecule has 0 radical (unpaired) electrons. The molecule has 0 spiro atoms. The fourth-order valence-electron chi connectivity index (χ4n) is 2.81. The van der Waals surface area contributed by atoms with Crippen LogP contribution in [0.2, 0.25) is 0 Å². The molecule has 106 valence electrons. The molecule has 1 unspecified atom stereocenters. The van der Waals surface area contributed by atoms with Crippen LogP contribution in [0.5, 0.6) is 0 Å². The van der Waals surface area contributed by atoms with Gasteiger partial charge in [-0.1, -0.05) is 13.3 Å². The van der Waals surface area contributed by atoms with Crippen molar-refractivity contribution >= 4 is 5.91 Å². The molecule has 1 aliphatic heterocycles. The third-order valence-electron chi connectivity index (χ3n) is 3.86. The molecular formula is C14H24N4O. The summed E-state index contributed by atoms with van der Waals surface area (Å²) in [5.41, 5.74) is -0.166. The van der Waals surface area contributed by atoms with Gasteiger partial charge in [-0.15, -0.1) is 0 Å². The fourth-order valence-corrected chi connectivity index (χ4v) is 2.81. The first-order valence-electron chi connectivity index (χ1n) is 7.23. The van der Waals surface area contributed by atoms with Crippen molar-refractivity contribution in [1.82, 2.24) is 20.4 Å². The van der Waals surface area contributed by atoms with E-state index in [1.165, 1.54) is 0 Å². The van der Waals surface area contributed by atoms with Gasteiger partial charge in [-0.3, -0.25) is 9.48 Å². The number of hydrogen-bond donors (Lipinski definition) is 2. The Morgan fingerprint density at radius 3 is 3.11 bits per heavy atom. The first-order valence-corrected chi connectivity index (χ1v) is 7.23. The third-order valence-corrected chi connectivity index (χ3v) is 3.86. The van der Waals surface area contributed by atoms with Crippen molar-refractivity contribution < 1.29 is 4.79 Å². The maximum absolute atomic E-state index is 12.3. The summed E-state index contributed by atoms with van der Waals surface area (Å²) >= 11 is 0. The van der Waals surface area contributed by atoms with Gasteiger partial charge in [0, 0.05) is 32.0 Å². The molecule has 0 bridgehead atoms. The second-order valence-corrected chi connectivity index (χ2v) is 5.34. The van der Waals surface area contributed by atoms with Crippen LogP contribution in [0.3, 0.4) is 0 Å². The van der Waals surface area contributed by atoms with E-state index in [0.717, 1.165) is 51.9 Å². The number of amides is 1. The summed E-state index contributed by atoms with van der Waals surface area (Å²) in [6.45, 7) is 5.51. The second-order valence-electron chi connectivity index (χ2n) is 5.34. The fraction of sp³-hybridized carbons (Fsp3) is 0.714. The molecule has 1 amide bonds. The molecule has 5 nitrogen and oxygen atoms in total. The van der Waals surface area contributed by atoms with Gasteiger partial charge in [-0.05, 0) is 31.9 Å². The average molecular weight is 264 g/mol. The predicted octanol–water partition coefficient (Wildman–Crippen LogP) is 1.17. The maximum atomic E-state index is 12.3. The van der Waals surface area contributed by atoms with Crippen LogP contribution in [0.25, 0.3) is 0 Å². The van der Waals surface area contributed by atoms with Crippen LogP contribution in [-0.2, 0) is 11.3 Å². The van der Waals surface area contributed by atoms with Gasteiger partial charge >= 0.3 is 0 Å². The van der Waals surface area contributed by atoms with Crippen LogP contribution in [0.1, 0.15) is 32.6 Å². The molecule has 1 aromatic heterocycles. The van der Waals surface area contributed by atoms with E-state index >= 15 is 0 Å². The van der Waals surface area contributed by atoms with Crippen molar-refractivity contribution in [3.8, 4) is 0 Å². The van der Waals surface area contributed by atoms with Crippen molar-refractivity contribution in [2.24, 2.45) is 5.41 Å². The number of rotatable bonds is 7. The summed E-state index contributed by atoms with van der Waals surface area (Å²) < 4.78 is 1.89. The van der Waals surface area contributed by atoms with Crippen molar-refractivity contribution in [1.29, 1.82) is 0 Å². The highest BCUT2D eigenvalue weighted by atomic mass is 16.2. The number of nitrogens with zero attached hydrogens (tertiary/aromatic N) is 2. The number of aromatic nitrogens is 2. The van der Waals surface area contributed by atoms with E-state index in [1.807, 2.05) is 16.9 Å². The summed E-state index contributed by atoms with van der Waals surface area (Å²) in [4.78, 5) is 12.3. The zero-order valence-electron chi connectivity index (χ0n) is 11.7. The molecule has 2 heterocycles. The molecule has 0 saturated carbocycles. The number of hydrogen-bond acceptors (Lipinski definition) is 3. The molecule has 5 heteroatoms. The lowest BCUT2D eigenvalue weighted by molar-refractivity contribution is -0.130. The molecule has 2 N–H and O–H groups in total. The van der Waals surface area contributed by atoms with Crippen molar-refractivity contribution in [2.45, 2.75) is 39.2 Å². The van der Waals surface area contributed by atoms with E-state index in [-0.39, 0.29) is 11.3 Å². The highest BCUT2D eigenvalue weighted by Crippen LogP contribution is 2.31. The maximum Gasteiger partial charge on any atom is 0.227 e. The van der Waals surface area contributed by atoms with Crippen LogP contribution in [-0.4, -0.2) is 35.3 Å². The first-order chi connectivity index (χ1) is 9.27. The zero-order valence-corrected chi connectivity index (χ0v) is 11.7. The standard InChI is InChI=1S/C14H24N4O/c1-2-5-14(6-9-15-12-14)13(19)16-7-3-10-18-11-4-8-17-18/h4,8,11,15H,2-3,5-7,9-10,12H2,1H3,(H,16,19). The van der Waals surface area contributed by atoms with E-state index < -0.39 is 0 Å². The lowest BCUT2D eigenvalue weighted by Crippen LogP contribution is -2.43. The van der Waals surface area contributed by atoms with Gasteiger partial charge < -0.3 is 10.6 Å². The molecule has 1 aliphatic rings. The molecule has 1 saturated heterocycles. The molecular weight excluding hydrogens is 240 g/mol. The molecule has 1 atom stereocenters. The quantitative estimate of drug-likeness (QED) is 0.727. The minimum atomic E-state index is -0.166. The van der Waals surface area contributed by atoms with E-state index in [1.54, 1.807) is 6.20 Å². The number of aryl methyl sites for hydroxylation is 1. The van der Waals surface area contributed by atoms with Gasteiger partial charge in [0.05, 0.1) is 5.41 Å². The lowest BCUT2D eigenvalue weighted by Gasteiger charge is -2.26. The van der Waals surface area contributed by atoms with Crippen molar-refractivity contribution in [3.05, 3.63) is 18.5 Å². The predicted molar refractivity (Wildman–Crippen MR) is 74.7 cm³/mol. The molecule has 0 aliphatic carbocycles. The first kappa shape index (κ1) is 14.1. The van der Waals surface area contributed by atoms with Crippen LogP contribution in [0.4, 0.5) is 0 Å². The van der Waals surface area contributed by atoms with Gasteiger partial charge in [0.2, 0.25) is 5.91 Å². The summed E-state index contributed by atoms with van der Waals surface area (Å²) in [6.07, 6.45) is 7.64. The molecule has 1 fully saturated rings. The molecule has 1 aromatic rings. The lowest BCUT2D eigenvalue weighted by atomic mass is 9.81. The SMILES string of the molecule is CCCC1(C(=O)NCCCn2cccn2)CCNC1. The Morgan fingerprint density at radius 2 is 2.47 bits per heavy atom. The molecule has 2 rings (SSSR count). The minimum Gasteiger partial charge on any atom is -0.356 e. The van der Waals surface area contributed by atoms with E-state index in [0.29, 0.717) is 0 Å². The van der Waals surface area contributed by atoms with Crippen LogP contribution < -0.4 is 10.6 Å². The summed E-state index contributed by atoms with van der Waals surface area (Å²) in [5, 5.41) is 10.6. The number of carbonyl (C=O) groups is 1. The van der Waals surface area contributed by atoms with Gasteiger partial charge in [-0.2, -0.15) is 5.10 Å². The Morgan fingerprint density at radius 1 is 1.58 bits per heavy atom. The van der Waals surface area contributed by atoms with E-state index in [4.69, 9.17) is 0 Å². The average Bonchev–Trinajstić information content (AvgIpc) is 3.06. The highest BCUT2D eigenvalue weighted by molar-refractivity contribution is 5.83. The Kier molecular flexibility index (Phi) is 4.96. The Bertz CT molecular complexity index is 382. The monoisotopic (exact) mass is 264 g/mol. The smallest absolute Gasteiger partial charge is 0.227 e. The van der Waals surface area contributed by atoms with Crippen LogP contribution >= 0.6 is 0 Å². The van der Waals surface area contributed by atoms with Crippen molar-refractivity contribution in [2.75, 3.05) is 19.6 Å². The second kappa shape index (κ2) is 6.70. The molecule has 0 aromatic carbocycles. The van der Waals surface area contributed by atoms with E-state index in [2.05, 4.69) is 22.7 Å². The normalized spacial score (nSPS) is 22.6. The summed E-state index contributed by atoms with van der Waals surface area (Å²) in [5.74, 6) is 0.222. The van der Waals surface area contributed by atoms with Gasteiger partial charge in [0.25, 0.3) is 0 Å². The topological polar surface area (TPSA) is 59.0 Å². The van der Waals surface area contributed by atoms with Crippen molar-refractivity contribution in [3.63, 3.8) is 0 Å². The minimum absolute atomic E-state index is 0.166. The Balaban J connectivity index is 1.73. The number of carbonyl (C=O) groups excluding carboxylic acids is 1. The summed E-state index contributed by atoms with van der Waals surface area (Å²) in [7, 11) is 0. The van der Waals surface area contributed by atoms with E-state index in [9.17, 15) is 4.79 Å². The van der Waals surface area contributed by atoms with Gasteiger partial charge in [0.1, 0.15) is 0 Å². The Hall–Kier alpha value is -1.36. The zero-order chi connectivity index (χ0) is 13.6.